The number of hydrogen-bond acceptors (Lipinski definition) is 8. The second kappa shape index (κ2) is 10.4. The van der Waals surface area contributed by atoms with Gasteiger partial charge in [0.05, 0.1) is 24.8 Å². The van der Waals surface area contributed by atoms with Crippen LogP contribution in [-0.2, 0) is 17.5 Å². The predicted molar refractivity (Wildman–Crippen MR) is 139 cm³/mol. The normalized spacial score (nSPS) is 17.0. The number of nitrogens with one attached hydrogen (secondary N) is 1. The van der Waals surface area contributed by atoms with E-state index in [0.717, 1.165) is 44.6 Å². The van der Waals surface area contributed by atoms with Crippen molar-refractivity contribution in [3.63, 3.8) is 0 Å². The van der Waals surface area contributed by atoms with Gasteiger partial charge in [0.2, 0.25) is 0 Å². The molecule has 0 unspecified atom stereocenters. The summed E-state index contributed by atoms with van der Waals surface area (Å²) < 4.78 is 56.5. The number of ether oxygens (including phenoxy) is 3. The molecular formula is C27H30F3N5O4. The fourth-order valence-electron chi connectivity index (χ4n) is 5.16. The van der Waals surface area contributed by atoms with E-state index in [9.17, 15) is 18.0 Å². The molecule has 0 aliphatic carbocycles. The third kappa shape index (κ3) is 5.80. The lowest BCUT2D eigenvalue weighted by Gasteiger charge is -2.37. The Morgan fingerprint density at radius 3 is 2.56 bits per heavy atom. The molecule has 39 heavy (non-hydrogen) atoms. The van der Waals surface area contributed by atoms with Gasteiger partial charge in [-0.25, -0.2) is 14.8 Å². The summed E-state index contributed by atoms with van der Waals surface area (Å²) >= 11 is 0. The molecule has 1 amide bonds. The Bertz CT molecular complexity index is 1380. The molecule has 208 valence electrons. The number of hydrogen-bond donors (Lipinski definition) is 2. The van der Waals surface area contributed by atoms with Crippen LogP contribution >= 0.6 is 0 Å². The predicted octanol–water partition coefficient (Wildman–Crippen LogP) is 5.16. The minimum atomic E-state index is -4.52. The largest absolute Gasteiger partial charge is 0.493 e. The number of piperidine rings is 1. The van der Waals surface area contributed by atoms with Gasteiger partial charge in [0.1, 0.15) is 11.6 Å². The highest BCUT2D eigenvalue weighted by Crippen LogP contribution is 2.40. The Hall–Kier alpha value is -3.80. The molecule has 0 atom stereocenters. The van der Waals surface area contributed by atoms with E-state index in [1.165, 1.54) is 13.2 Å². The highest BCUT2D eigenvalue weighted by molar-refractivity contribution is 5.92. The SMILES string of the molecule is COc1cc2nc(C)nc(NCc3cc(N)cc(C(F)(F)F)c3)c2cc1OC(=O)N1CCC2(CCOC2)CC1. The number of nitrogens with two attached hydrogens (primary N) is 1. The Morgan fingerprint density at radius 2 is 1.90 bits per heavy atom. The number of alkyl halides is 3. The monoisotopic (exact) mass is 545 g/mol. The van der Waals surface area contributed by atoms with Crippen LogP contribution in [0.2, 0.25) is 0 Å². The van der Waals surface area contributed by atoms with Gasteiger partial charge in [-0.1, -0.05) is 0 Å². The Balaban J connectivity index is 1.38. The van der Waals surface area contributed by atoms with Crippen molar-refractivity contribution in [1.82, 2.24) is 14.9 Å². The lowest BCUT2D eigenvalue weighted by Crippen LogP contribution is -2.44. The average Bonchev–Trinajstić information content (AvgIpc) is 3.34. The number of nitrogens with zero attached hydrogens (tertiary/aromatic N) is 3. The smallest absolute Gasteiger partial charge is 0.416 e. The number of carbonyl (C=O) groups excluding carboxylic acids is 1. The maximum absolute atomic E-state index is 13.2. The van der Waals surface area contributed by atoms with Crippen molar-refractivity contribution in [3.8, 4) is 11.5 Å². The zero-order valence-electron chi connectivity index (χ0n) is 21.7. The highest BCUT2D eigenvalue weighted by atomic mass is 19.4. The number of fused-ring (bicyclic) bond motifs is 1. The number of carbonyl (C=O) groups is 1. The molecule has 1 aromatic heterocycles. The van der Waals surface area contributed by atoms with Crippen LogP contribution < -0.4 is 20.5 Å². The summed E-state index contributed by atoms with van der Waals surface area (Å²) in [7, 11) is 1.47. The average molecular weight is 546 g/mol. The first kappa shape index (κ1) is 26.8. The molecule has 2 aliphatic rings. The van der Waals surface area contributed by atoms with Gasteiger partial charge in [-0.3, -0.25) is 0 Å². The van der Waals surface area contributed by atoms with Gasteiger partial charge >= 0.3 is 12.3 Å². The van der Waals surface area contributed by atoms with Crippen LogP contribution in [0.3, 0.4) is 0 Å². The molecule has 1 spiro atoms. The molecular weight excluding hydrogens is 515 g/mol. The molecule has 5 rings (SSSR count). The van der Waals surface area contributed by atoms with E-state index in [0.29, 0.717) is 46.9 Å². The summed E-state index contributed by atoms with van der Waals surface area (Å²) in [6.45, 7) is 4.38. The van der Waals surface area contributed by atoms with Crippen LogP contribution in [0.15, 0.2) is 30.3 Å². The van der Waals surface area contributed by atoms with Crippen LogP contribution in [0.1, 0.15) is 36.2 Å². The van der Waals surface area contributed by atoms with E-state index in [2.05, 4.69) is 15.3 Å². The molecule has 3 aromatic rings. The molecule has 9 nitrogen and oxygen atoms in total. The highest BCUT2D eigenvalue weighted by Gasteiger charge is 2.39. The first-order chi connectivity index (χ1) is 18.5. The van der Waals surface area contributed by atoms with Crippen molar-refractivity contribution in [2.45, 2.75) is 38.9 Å². The Kier molecular flexibility index (Phi) is 7.15. The summed E-state index contributed by atoms with van der Waals surface area (Å²) in [5, 5.41) is 3.60. The van der Waals surface area contributed by atoms with Crippen molar-refractivity contribution >= 4 is 28.5 Å². The van der Waals surface area contributed by atoms with Crippen LogP contribution in [0.4, 0.5) is 29.5 Å². The number of methoxy groups -OCH3 is 1. The van der Waals surface area contributed by atoms with Gasteiger partial charge in [0.15, 0.2) is 11.5 Å². The first-order valence-corrected chi connectivity index (χ1v) is 12.7. The van der Waals surface area contributed by atoms with E-state index >= 15 is 0 Å². The standard InChI is InChI=1S/C27H30F3N5O4/c1-16-33-21-13-22(37-2)23(39-25(36)35-6-3-26(4-7-35)5-8-38-15-26)12-20(21)24(34-16)32-14-17-9-18(27(28,29)30)11-19(31)10-17/h9-13H,3-8,14-15,31H2,1-2H3,(H,32,33,34). The summed E-state index contributed by atoms with van der Waals surface area (Å²) in [6.07, 6.45) is -2.27. The van der Waals surface area contributed by atoms with Crippen LogP contribution in [0.5, 0.6) is 11.5 Å². The molecule has 0 radical (unpaired) electrons. The maximum Gasteiger partial charge on any atom is 0.416 e. The van der Waals surface area contributed by atoms with Gasteiger partial charge in [-0.15, -0.1) is 0 Å². The first-order valence-electron chi connectivity index (χ1n) is 12.7. The number of anilines is 2. The summed E-state index contributed by atoms with van der Waals surface area (Å²) in [5.74, 6) is 1.33. The van der Waals surface area contributed by atoms with Crippen LogP contribution in [-0.4, -0.2) is 54.4 Å². The number of likely N-dealkylation sites (tertiary alicyclic amines) is 1. The van der Waals surface area contributed by atoms with Crippen molar-refractivity contribution in [2.75, 3.05) is 44.5 Å². The van der Waals surface area contributed by atoms with Crippen LogP contribution in [0, 0.1) is 12.3 Å². The minimum absolute atomic E-state index is 0.00776. The number of rotatable bonds is 5. The van der Waals surface area contributed by atoms with Gasteiger partial charge in [-0.05, 0) is 61.4 Å². The van der Waals surface area contributed by atoms with Gasteiger partial charge in [0, 0.05) is 43.4 Å². The molecule has 2 saturated heterocycles. The van der Waals surface area contributed by atoms with E-state index in [4.69, 9.17) is 19.9 Å². The molecule has 2 aromatic carbocycles. The number of amides is 1. The molecule has 0 saturated carbocycles. The molecule has 0 bridgehead atoms. The van der Waals surface area contributed by atoms with E-state index < -0.39 is 17.8 Å². The van der Waals surface area contributed by atoms with Gasteiger partial charge < -0.3 is 30.2 Å². The number of benzene rings is 2. The Labute approximate surface area is 223 Å². The third-order valence-electron chi connectivity index (χ3n) is 7.36. The summed E-state index contributed by atoms with van der Waals surface area (Å²) in [6, 6.07) is 6.64. The molecule has 2 aliphatic heterocycles. The quantitative estimate of drug-likeness (QED) is 0.423. The van der Waals surface area contributed by atoms with Crippen molar-refractivity contribution in [1.29, 1.82) is 0 Å². The van der Waals surface area contributed by atoms with E-state index in [1.54, 1.807) is 24.0 Å². The van der Waals surface area contributed by atoms with Crippen molar-refractivity contribution in [2.24, 2.45) is 5.41 Å². The third-order valence-corrected chi connectivity index (χ3v) is 7.36. The number of aryl methyl sites for hydroxylation is 1. The fourth-order valence-corrected chi connectivity index (χ4v) is 5.16. The van der Waals surface area contributed by atoms with E-state index in [1.807, 2.05) is 0 Å². The minimum Gasteiger partial charge on any atom is -0.493 e. The van der Waals surface area contributed by atoms with Gasteiger partial charge in [-0.2, -0.15) is 13.2 Å². The zero-order valence-corrected chi connectivity index (χ0v) is 21.7. The molecule has 3 heterocycles. The topological polar surface area (TPSA) is 112 Å². The molecule has 12 heteroatoms. The second-order valence-electron chi connectivity index (χ2n) is 10.1. The second-order valence-corrected chi connectivity index (χ2v) is 10.1. The number of halogens is 3. The maximum atomic E-state index is 13.2. The van der Waals surface area contributed by atoms with E-state index in [-0.39, 0.29) is 23.4 Å². The lowest BCUT2D eigenvalue weighted by atomic mass is 9.78. The summed E-state index contributed by atoms with van der Waals surface area (Å²) in [4.78, 5) is 23.6. The zero-order chi connectivity index (χ0) is 27.8. The van der Waals surface area contributed by atoms with Crippen LogP contribution in [0.25, 0.3) is 10.9 Å². The molecule has 3 N–H and O–H groups in total. The molecule has 2 fully saturated rings. The number of nitrogen functional groups attached to an aromatic ring is 1. The lowest BCUT2D eigenvalue weighted by molar-refractivity contribution is -0.137. The van der Waals surface area contributed by atoms with Crippen molar-refractivity contribution < 1.29 is 32.2 Å². The van der Waals surface area contributed by atoms with Crippen molar-refractivity contribution in [3.05, 3.63) is 47.3 Å². The fraction of sp³-hybridized carbons (Fsp3) is 0.444. The Morgan fingerprint density at radius 1 is 1.13 bits per heavy atom. The summed E-state index contributed by atoms with van der Waals surface area (Å²) in [5.41, 5.74) is 5.89. The van der Waals surface area contributed by atoms with Gasteiger partial charge in [0.25, 0.3) is 0 Å². The number of aromatic nitrogens is 2.